The van der Waals surface area contributed by atoms with Gasteiger partial charge in [0.25, 0.3) is 0 Å². The topological polar surface area (TPSA) is 68.2 Å². The summed E-state index contributed by atoms with van der Waals surface area (Å²) in [5.41, 5.74) is 1.52. The number of methoxy groups -OCH3 is 1. The molecule has 0 atom stereocenters. The maximum Gasteiger partial charge on any atom is 0.233 e. The predicted molar refractivity (Wildman–Crippen MR) is 145 cm³/mol. The van der Waals surface area contributed by atoms with E-state index in [9.17, 15) is 9.18 Å². The number of carbonyl (C=O) groups excluding carboxylic acids is 1. The summed E-state index contributed by atoms with van der Waals surface area (Å²) in [5, 5.41) is 11.1. The number of halogens is 1. The van der Waals surface area contributed by atoms with Crippen molar-refractivity contribution in [2.24, 2.45) is 10.8 Å². The number of anilines is 1. The normalized spacial score (nSPS) is 32.8. The van der Waals surface area contributed by atoms with E-state index in [1.807, 2.05) is 36.1 Å². The van der Waals surface area contributed by atoms with Gasteiger partial charge < -0.3 is 9.64 Å². The lowest BCUT2D eigenvalue weighted by Gasteiger charge is -2.65. The lowest BCUT2D eigenvalue weighted by atomic mass is 9.41. The van der Waals surface area contributed by atoms with Gasteiger partial charge in [0, 0.05) is 29.9 Å². The summed E-state index contributed by atoms with van der Waals surface area (Å²) in [7, 11) is 1.61. The number of alkyl halides is 1. The predicted octanol–water partition coefficient (Wildman–Crippen LogP) is 6.43. The van der Waals surface area contributed by atoms with Crippen molar-refractivity contribution in [1.29, 1.82) is 0 Å². The van der Waals surface area contributed by atoms with Gasteiger partial charge in [-0.1, -0.05) is 12.1 Å². The Morgan fingerprint density at radius 2 is 1.74 bits per heavy atom. The number of carbonyl (C=O) groups is 1. The fraction of sp³-hybridized carbons (Fsp3) is 0.533. The van der Waals surface area contributed by atoms with Crippen LogP contribution in [0, 0.1) is 17.8 Å². The average molecular weight is 533 g/mol. The van der Waals surface area contributed by atoms with Crippen molar-refractivity contribution < 1.29 is 13.9 Å². The van der Waals surface area contributed by atoms with Gasteiger partial charge in [-0.2, -0.15) is 0 Å². The van der Waals surface area contributed by atoms with Crippen molar-refractivity contribution in [2.75, 3.05) is 18.6 Å². The van der Waals surface area contributed by atoms with Crippen LogP contribution in [0.15, 0.2) is 42.6 Å². The molecule has 6 aliphatic rings. The number of hydrogen-bond acceptors (Lipinski definition) is 6. The molecule has 0 saturated heterocycles. The Balaban J connectivity index is 1.19. The smallest absolute Gasteiger partial charge is 0.233 e. The molecule has 3 aromatic rings. The second kappa shape index (κ2) is 8.31. The molecule has 0 aliphatic heterocycles. The van der Waals surface area contributed by atoms with E-state index in [-0.39, 0.29) is 16.7 Å². The zero-order chi connectivity index (χ0) is 26.2. The highest BCUT2D eigenvalue weighted by molar-refractivity contribution is 7.11. The molecular weight excluding hydrogens is 499 g/mol. The summed E-state index contributed by atoms with van der Waals surface area (Å²) in [6.07, 6.45) is 9.40. The molecule has 4 bridgehead atoms. The molecule has 2 aromatic heterocycles. The van der Waals surface area contributed by atoms with Gasteiger partial charge in [0.15, 0.2) is 0 Å². The molecule has 8 heteroatoms. The van der Waals surface area contributed by atoms with Gasteiger partial charge in [0.1, 0.15) is 15.7 Å². The number of nitrogens with zero attached hydrogens (tertiary/aromatic N) is 4. The summed E-state index contributed by atoms with van der Waals surface area (Å²) >= 11 is 1.74. The van der Waals surface area contributed by atoms with Crippen LogP contribution in [0.3, 0.4) is 0 Å². The van der Waals surface area contributed by atoms with E-state index >= 15 is 0 Å². The van der Waals surface area contributed by atoms with Crippen LogP contribution in [-0.4, -0.2) is 40.4 Å². The van der Waals surface area contributed by atoms with Gasteiger partial charge in [-0.3, -0.25) is 4.79 Å². The zero-order valence-electron chi connectivity index (χ0n) is 22.0. The minimum Gasteiger partial charge on any atom is -0.481 e. The number of rotatable bonds is 7. The zero-order valence-corrected chi connectivity index (χ0v) is 22.8. The van der Waals surface area contributed by atoms with Crippen LogP contribution in [0.25, 0.3) is 11.1 Å². The van der Waals surface area contributed by atoms with Crippen LogP contribution >= 0.6 is 11.3 Å². The molecule has 6 nitrogen and oxygen atoms in total. The van der Waals surface area contributed by atoms with Crippen LogP contribution in [-0.2, 0) is 10.2 Å². The van der Waals surface area contributed by atoms with E-state index in [4.69, 9.17) is 4.74 Å². The molecule has 2 heterocycles. The van der Waals surface area contributed by atoms with Gasteiger partial charge in [-0.05, 0) is 99.5 Å². The molecule has 0 radical (unpaired) electrons. The summed E-state index contributed by atoms with van der Waals surface area (Å²) in [5.74, 6) is 0.665. The second-order valence-corrected chi connectivity index (χ2v) is 13.6. The first-order chi connectivity index (χ1) is 18.3. The third kappa shape index (κ3) is 3.70. The Kier molecular flexibility index (Phi) is 5.29. The number of ether oxygens (including phenoxy) is 1. The molecule has 6 fully saturated rings. The molecule has 6 aliphatic carbocycles. The van der Waals surface area contributed by atoms with Gasteiger partial charge in [-0.25, -0.2) is 9.37 Å². The fourth-order valence-corrected chi connectivity index (χ4v) is 8.64. The summed E-state index contributed by atoms with van der Waals surface area (Å²) in [6.45, 7) is 2.72. The minimum absolute atomic E-state index is 0.0873. The Morgan fingerprint density at radius 3 is 2.37 bits per heavy atom. The first-order valence-corrected chi connectivity index (χ1v) is 14.5. The summed E-state index contributed by atoms with van der Waals surface area (Å²) < 4.78 is 19.8. The number of pyridine rings is 1. The lowest BCUT2D eigenvalue weighted by molar-refractivity contribution is -0.211. The standard InChI is InChI=1S/C30H33FN4O2S/c1-20-33-34-25(38-20)28-10-7-27(8-11-28,9-12-28)19-35(26(36)29-16-30(31,17-29)18-29)23-5-3-4-21(14-23)22-6-13-32-24(15-22)37-2/h3-6,13-15H,7-12,16-19H2,1-2H3. The molecule has 9 rings (SSSR count). The largest absolute Gasteiger partial charge is 0.481 e. The van der Waals surface area contributed by atoms with Crippen LogP contribution < -0.4 is 9.64 Å². The van der Waals surface area contributed by atoms with Crippen LogP contribution in [0.4, 0.5) is 10.1 Å². The molecule has 198 valence electrons. The number of aryl methyl sites for hydroxylation is 1. The molecule has 1 aromatic carbocycles. The Hall–Kier alpha value is -2.87. The van der Waals surface area contributed by atoms with Crippen LogP contribution in [0.5, 0.6) is 5.88 Å². The first kappa shape index (κ1) is 24.2. The van der Waals surface area contributed by atoms with Crippen LogP contribution in [0.2, 0.25) is 0 Å². The summed E-state index contributed by atoms with van der Waals surface area (Å²) in [4.78, 5) is 20.4. The number of aromatic nitrogens is 3. The van der Waals surface area contributed by atoms with Crippen LogP contribution in [0.1, 0.15) is 67.8 Å². The molecule has 0 N–H and O–H groups in total. The van der Waals surface area contributed by atoms with Crippen molar-refractivity contribution in [3.8, 4) is 17.0 Å². The quantitative estimate of drug-likeness (QED) is 0.351. The average Bonchev–Trinajstić information content (AvgIpc) is 3.37. The molecule has 1 amide bonds. The lowest BCUT2D eigenvalue weighted by Crippen LogP contribution is -2.71. The van der Waals surface area contributed by atoms with Gasteiger partial charge in [0.05, 0.1) is 12.5 Å². The van der Waals surface area contributed by atoms with Crippen molar-refractivity contribution in [3.05, 3.63) is 52.6 Å². The van der Waals surface area contributed by atoms with E-state index in [0.29, 0.717) is 31.7 Å². The SMILES string of the molecule is COc1cc(-c2cccc(N(CC34CCC(c5nnc(C)s5)(CC3)CC4)C(=O)C34CC(F)(C3)C4)c2)ccn1. The molecule has 0 unspecified atom stereocenters. The highest BCUT2D eigenvalue weighted by Crippen LogP contribution is 2.70. The van der Waals surface area contributed by atoms with Crippen molar-refractivity contribution in [1.82, 2.24) is 15.2 Å². The number of hydrogen-bond donors (Lipinski definition) is 0. The second-order valence-electron chi connectivity index (χ2n) is 12.4. The number of benzene rings is 1. The number of amides is 1. The molecule has 0 spiro atoms. The third-order valence-corrected chi connectivity index (χ3v) is 11.1. The highest BCUT2D eigenvalue weighted by atomic mass is 32.1. The molecule has 38 heavy (non-hydrogen) atoms. The van der Waals surface area contributed by atoms with E-state index in [2.05, 4.69) is 27.3 Å². The maximum absolute atomic E-state index is 14.5. The van der Waals surface area contributed by atoms with E-state index in [0.717, 1.165) is 60.3 Å². The van der Waals surface area contributed by atoms with Gasteiger partial charge in [-0.15, -0.1) is 21.5 Å². The maximum atomic E-state index is 14.5. The highest BCUT2D eigenvalue weighted by Gasteiger charge is 2.73. The monoisotopic (exact) mass is 532 g/mol. The Bertz CT molecular complexity index is 1380. The number of fused-ring (bicyclic) bond motifs is 3. The molecular formula is C30H33FN4O2S. The Morgan fingerprint density at radius 1 is 1.03 bits per heavy atom. The fourth-order valence-electron chi connectivity index (χ4n) is 7.68. The van der Waals surface area contributed by atoms with E-state index < -0.39 is 11.1 Å². The van der Waals surface area contributed by atoms with Gasteiger partial charge in [0.2, 0.25) is 11.8 Å². The minimum atomic E-state index is -1.11. The summed E-state index contributed by atoms with van der Waals surface area (Å²) in [6, 6.07) is 12.1. The Labute approximate surface area is 226 Å². The first-order valence-electron chi connectivity index (χ1n) is 13.7. The van der Waals surface area contributed by atoms with Crippen molar-refractivity contribution in [2.45, 2.75) is 75.8 Å². The third-order valence-electron chi connectivity index (χ3n) is 9.97. The van der Waals surface area contributed by atoms with Gasteiger partial charge >= 0.3 is 0 Å². The van der Waals surface area contributed by atoms with Crippen molar-refractivity contribution >= 4 is 22.9 Å². The molecule has 6 saturated carbocycles. The van der Waals surface area contributed by atoms with E-state index in [1.54, 1.807) is 24.6 Å². The van der Waals surface area contributed by atoms with Crippen molar-refractivity contribution in [3.63, 3.8) is 0 Å². The van der Waals surface area contributed by atoms with E-state index in [1.165, 1.54) is 5.01 Å².